The Hall–Kier alpha value is -1.07. The largest absolute Gasteiger partial charge is 0.368 e. The molecule has 0 aromatic carbocycles. The van der Waals surface area contributed by atoms with Crippen LogP contribution >= 0.6 is 11.8 Å². The molecule has 18 heavy (non-hydrogen) atoms. The third kappa shape index (κ3) is 3.99. The number of hydrogen-bond donors (Lipinski definition) is 2. The van der Waals surface area contributed by atoms with Crippen LogP contribution in [0.2, 0.25) is 0 Å². The van der Waals surface area contributed by atoms with Crippen LogP contribution in [-0.4, -0.2) is 29.2 Å². The van der Waals surface area contributed by atoms with Crippen LogP contribution < -0.4 is 11.1 Å². The first-order valence-electron chi connectivity index (χ1n) is 5.94. The molecular formula is C13H21N3OS. The van der Waals surface area contributed by atoms with Crippen LogP contribution in [0.15, 0.2) is 17.2 Å². The summed E-state index contributed by atoms with van der Waals surface area (Å²) in [7, 11) is 1.75. The van der Waals surface area contributed by atoms with Crippen molar-refractivity contribution in [3.8, 4) is 0 Å². The molecule has 3 N–H and O–H groups in total. The SMILES string of the molecule is CNC(C)(CCSc1cc(C)cc(C)n1)C(N)=O. The molecule has 1 rings (SSSR count). The van der Waals surface area contributed by atoms with Crippen LogP contribution in [0.1, 0.15) is 24.6 Å². The highest BCUT2D eigenvalue weighted by Crippen LogP contribution is 2.21. The summed E-state index contributed by atoms with van der Waals surface area (Å²) in [5.74, 6) is 0.481. The fourth-order valence-electron chi connectivity index (χ4n) is 1.61. The van der Waals surface area contributed by atoms with Crippen molar-refractivity contribution >= 4 is 17.7 Å². The Kier molecular flexibility index (Phi) is 5.16. The van der Waals surface area contributed by atoms with Crippen molar-refractivity contribution in [1.82, 2.24) is 10.3 Å². The molecule has 0 aliphatic carbocycles. The van der Waals surface area contributed by atoms with E-state index >= 15 is 0 Å². The maximum Gasteiger partial charge on any atom is 0.237 e. The number of nitrogens with zero attached hydrogens (tertiary/aromatic N) is 1. The predicted octanol–water partition coefficient (Wildman–Crippen LogP) is 1.64. The summed E-state index contributed by atoms with van der Waals surface area (Å²) < 4.78 is 0. The van der Waals surface area contributed by atoms with E-state index in [2.05, 4.69) is 23.3 Å². The highest BCUT2D eigenvalue weighted by Gasteiger charge is 2.28. The van der Waals surface area contributed by atoms with Crippen molar-refractivity contribution in [3.63, 3.8) is 0 Å². The van der Waals surface area contributed by atoms with Crippen molar-refractivity contribution in [2.75, 3.05) is 12.8 Å². The van der Waals surface area contributed by atoms with Crippen LogP contribution in [0.4, 0.5) is 0 Å². The van der Waals surface area contributed by atoms with Crippen LogP contribution in [-0.2, 0) is 4.79 Å². The van der Waals surface area contributed by atoms with Gasteiger partial charge in [-0.15, -0.1) is 11.8 Å². The standard InChI is InChI=1S/C13H21N3OS/c1-9-7-10(2)16-11(8-9)18-6-5-13(3,15-4)12(14)17/h7-8,15H,5-6H2,1-4H3,(H2,14,17). The van der Waals surface area contributed by atoms with Gasteiger partial charge in [-0.2, -0.15) is 0 Å². The maximum absolute atomic E-state index is 11.3. The highest BCUT2D eigenvalue weighted by molar-refractivity contribution is 7.99. The molecule has 0 bridgehead atoms. The lowest BCUT2D eigenvalue weighted by Gasteiger charge is -2.24. The number of primary amides is 1. The molecule has 0 spiro atoms. The molecule has 0 aliphatic heterocycles. The first kappa shape index (κ1) is 15.0. The zero-order valence-corrected chi connectivity index (χ0v) is 12.2. The fraction of sp³-hybridized carbons (Fsp3) is 0.538. The molecule has 4 nitrogen and oxygen atoms in total. The zero-order chi connectivity index (χ0) is 13.8. The van der Waals surface area contributed by atoms with Crippen LogP contribution in [0.3, 0.4) is 0 Å². The number of hydrogen-bond acceptors (Lipinski definition) is 4. The predicted molar refractivity (Wildman–Crippen MR) is 75.7 cm³/mol. The summed E-state index contributed by atoms with van der Waals surface area (Å²) in [5.41, 5.74) is 6.96. The van der Waals surface area contributed by atoms with E-state index in [4.69, 9.17) is 5.73 Å². The molecule has 0 saturated carbocycles. The minimum absolute atomic E-state index is 0.320. The van der Waals surface area contributed by atoms with Gasteiger partial charge < -0.3 is 11.1 Å². The van der Waals surface area contributed by atoms with E-state index in [1.807, 2.05) is 19.9 Å². The molecule has 1 atom stereocenters. The highest BCUT2D eigenvalue weighted by atomic mass is 32.2. The first-order chi connectivity index (χ1) is 8.37. The van der Waals surface area contributed by atoms with E-state index < -0.39 is 5.54 Å². The minimum atomic E-state index is -0.647. The van der Waals surface area contributed by atoms with Crippen LogP contribution in [0, 0.1) is 13.8 Å². The van der Waals surface area contributed by atoms with Gasteiger partial charge in [0.25, 0.3) is 0 Å². The Morgan fingerprint density at radius 2 is 2.17 bits per heavy atom. The lowest BCUT2D eigenvalue weighted by atomic mass is 9.99. The average Bonchev–Trinajstić information content (AvgIpc) is 2.27. The maximum atomic E-state index is 11.3. The molecule has 1 aromatic rings. The van der Waals surface area contributed by atoms with E-state index in [1.54, 1.807) is 18.8 Å². The Bertz CT molecular complexity index is 416. The van der Waals surface area contributed by atoms with E-state index in [0.717, 1.165) is 16.5 Å². The van der Waals surface area contributed by atoms with Crippen molar-refractivity contribution in [2.24, 2.45) is 5.73 Å². The molecule has 0 fully saturated rings. The average molecular weight is 267 g/mol. The molecule has 100 valence electrons. The summed E-state index contributed by atoms with van der Waals surface area (Å²) in [6.07, 6.45) is 0.679. The lowest BCUT2D eigenvalue weighted by Crippen LogP contribution is -2.51. The molecule has 1 unspecified atom stereocenters. The van der Waals surface area contributed by atoms with E-state index in [1.165, 1.54) is 5.56 Å². The number of nitrogens with one attached hydrogen (secondary N) is 1. The van der Waals surface area contributed by atoms with Gasteiger partial charge in [0.1, 0.15) is 0 Å². The molecule has 0 radical (unpaired) electrons. The molecular weight excluding hydrogens is 246 g/mol. The topological polar surface area (TPSA) is 68.0 Å². The second kappa shape index (κ2) is 6.20. The van der Waals surface area contributed by atoms with Crippen molar-refractivity contribution in [1.29, 1.82) is 0 Å². The monoisotopic (exact) mass is 267 g/mol. The van der Waals surface area contributed by atoms with Gasteiger partial charge in [0, 0.05) is 11.4 Å². The van der Waals surface area contributed by atoms with Crippen LogP contribution in [0.25, 0.3) is 0 Å². The number of aryl methyl sites for hydroxylation is 2. The van der Waals surface area contributed by atoms with Gasteiger partial charge in [-0.3, -0.25) is 4.79 Å². The summed E-state index contributed by atoms with van der Waals surface area (Å²) in [6, 6.07) is 4.10. The third-order valence-electron chi connectivity index (χ3n) is 3.02. The van der Waals surface area contributed by atoms with E-state index in [0.29, 0.717) is 6.42 Å². The third-order valence-corrected chi connectivity index (χ3v) is 3.94. The van der Waals surface area contributed by atoms with Gasteiger partial charge >= 0.3 is 0 Å². The number of pyridine rings is 1. The van der Waals surface area contributed by atoms with E-state index in [9.17, 15) is 4.79 Å². The summed E-state index contributed by atoms with van der Waals surface area (Å²) in [5, 5.41) is 3.97. The van der Waals surface area contributed by atoms with Crippen molar-refractivity contribution < 1.29 is 4.79 Å². The summed E-state index contributed by atoms with van der Waals surface area (Å²) in [4.78, 5) is 15.8. The van der Waals surface area contributed by atoms with E-state index in [-0.39, 0.29) is 5.91 Å². The summed E-state index contributed by atoms with van der Waals surface area (Å²) in [6.45, 7) is 5.86. The number of rotatable bonds is 6. The number of amides is 1. The van der Waals surface area contributed by atoms with Crippen molar-refractivity contribution in [3.05, 3.63) is 23.4 Å². The van der Waals surface area contributed by atoms with Gasteiger partial charge in [-0.05, 0) is 51.9 Å². The number of carbonyl (C=O) groups is 1. The molecule has 5 heteroatoms. The molecule has 1 aromatic heterocycles. The van der Waals surface area contributed by atoms with Gasteiger partial charge in [0.2, 0.25) is 5.91 Å². The molecule has 0 aliphatic rings. The lowest BCUT2D eigenvalue weighted by molar-refractivity contribution is -0.123. The van der Waals surface area contributed by atoms with Gasteiger partial charge in [-0.25, -0.2) is 4.98 Å². The summed E-state index contributed by atoms with van der Waals surface area (Å²) >= 11 is 1.65. The number of thioether (sulfide) groups is 1. The quantitative estimate of drug-likeness (QED) is 0.769. The first-order valence-corrected chi connectivity index (χ1v) is 6.93. The number of aromatic nitrogens is 1. The van der Waals surface area contributed by atoms with Gasteiger partial charge in [-0.1, -0.05) is 0 Å². The Labute approximate surface area is 113 Å². The normalized spacial score (nSPS) is 14.2. The number of carbonyl (C=O) groups excluding carboxylic acids is 1. The second-order valence-corrected chi connectivity index (χ2v) is 5.78. The molecule has 1 heterocycles. The second-order valence-electron chi connectivity index (χ2n) is 4.67. The zero-order valence-electron chi connectivity index (χ0n) is 11.4. The Morgan fingerprint density at radius 3 is 2.67 bits per heavy atom. The Balaban J connectivity index is 2.58. The Morgan fingerprint density at radius 1 is 1.50 bits per heavy atom. The molecule has 0 saturated heterocycles. The fourth-order valence-corrected chi connectivity index (χ4v) is 2.81. The van der Waals surface area contributed by atoms with Gasteiger partial charge in [0.05, 0.1) is 10.6 Å². The van der Waals surface area contributed by atoms with Crippen LogP contribution in [0.5, 0.6) is 0 Å². The minimum Gasteiger partial charge on any atom is -0.368 e. The number of nitrogens with two attached hydrogens (primary N) is 1. The number of likely N-dealkylation sites (N-methyl/N-ethyl adjacent to an activating group) is 1. The van der Waals surface area contributed by atoms with Gasteiger partial charge in [0.15, 0.2) is 0 Å². The smallest absolute Gasteiger partial charge is 0.237 e. The van der Waals surface area contributed by atoms with Crippen molar-refractivity contribution in [2.45, 2.75) is 37.8 Å². The molecule has 1 amide bonds.